The third kappa shape index (κ3) is 3.05. The molecule has 0 radical (unpaired) electrons. The van der Waals surface area contributed by atoms with Crippen LogP contribution in [0.4, 0.5) is 0 Å². The average molecular weight is 499 g/mol. The molecule has 11 atom stereocenters. The molecule has 0 aromatic rings. The number of hydrogen-bond acceptors (Lipinski definition) is 4. The molecule has 1 heterocycles. The fourth-order valence-corrected chi connectivity index (χ4v) is 12.2. The van der Waals surface area contributed by atoms with Gasteiger partial charge in [0.15, 0.2) is 0 Å². The van der Waals surface area contributed by atoms with Gasteiger partial charge in [0.25, 0.3) is 0 Å². The van der Waals surface area contributed by atoms with Crippen LogP contribution in [0.25, 0.3) is 0 Å². The second-order valence-corrected chi connectivity index (χ2v) is 15.5. The SMILES string of the molecule is CC(=O)O[C@@H]1CC[C@]23C[C@]24CC[C@]2(C)[C@@H]([C@H](C)C[C@@H]5C[C@@H](C)C(=O)O5)CC[C@@]2(C)[C@@H]4CC[C@H]3C1(C)C. The summed E-state index contributed by atoms with van der Waals surface area (Å²) in [6.07, 6.45) is 14.0. The number of esters is 2. The van der Waals surface area contributed by atoms with Gasteiger partial charge in [0.05, 0.1) is 5.92 Å². The van der Waals surface area contributed by atoms with Gasteiger partial charge in [-0.15, -0.1) is 0 Å². The monoisotopic (exact) mass is 498 g/mol. The lowest BCUT2D eigenvalue weighted by molar-refractivity contribution is -0.181. The number of hydrogen-bond donors (Lipinski definition) is 0. The lowest BCUT2D eigenvalue weighted by Gasteiger charge is -2.63. The Morgan fingerprint density at radius 1 is 0.972 bits per heavy atom. The van der Waals surface area contributed by atoms with Gasteiger partial charge in [0, 0.05) is 12.3 Å². The molecule has 1 saturated heterocycles. The molecular formula is C32H50O4. The van der Waals surface area contributed by atoms with E-state index in [1.807, 2.05) is 6.92 Å². The van der Waals surface area contributed by atoms with E-state index in [-0.39, 0.29) is 35.5 Å². The molecule has 6 aliphatic rings. The lowest BCUT2D eigenvalue weighted by Crippen LogP contribution is -2.58. The van der Waals surface area contributed by atoms with Crippen molar-refractivity contribution in [2.24, 2.45) is 56.7 Å². The molecule has 5 saturated carbocycles. The highest BCUT2D eigenvalue weighted by Crippen LogP contribution is 2.89. The maximum Gasteiger partial charge on any atom is 0.309 e. The van der Waals surface area contributed by atoms with Crippen LogP contribution in [0.3, 0.4) is 0 Å². The predicted octanol–water partition coefficient (Wildman–Crippen LogP) is 7.34. The summed E-state index contributed by atoms with van der Waals surface area (Å²) in [5.74, 6) is 2.83. The minimum atomic E-state index is -0.114. The number of rotatable bonds is 4. The molecule has 0 aromatic carbocycles. The number of carbonyl (C=O) groups is 2. The quantitative estimate of drug-likeness (QED) is 0.381. The molecule has 6 fully saturated rings. The zero-order valence-corrected chi connectivity index (χ0v) is 24.0. The highest BCUT2D eigenvalue weighted by Gasteiger charge is 2.82. The highest BCUT2D eigenvalue weighted by atomic mass is 16.6. The Balaban J connectivity index is 1.23. The number of cyclic esters (lactones) is 1. The smallest absolute Gasteiger partial charge is 0.309 e. The van der Waals surface area contributed by atoms with E-state index >= 15 is 0 Å². The van der Waals surface area contributed by atoms with Crippen LogP contribution in [0.1, 0.15) is 119 Å². The summed E-state index contributed by atoms with van der Waals surface area (Å²) < 4.78 is 11.6. The van der Waals surface area contributed by atoms with Crippen LogP contribution in [0.15, 0.2) is 0 Å². The minimum Gasteiger partial charge on any atom is -0.462 e. The summed E-state index contributed by atoms with van der Waals surface area (Å²) in [5.41, 5.74) is 1.88. The Morgan fingerprint density at radius 3 is 2.33 bits per heavy atom. The maximum absolute atomic E-state index is 12.0. The van der Waals surface area contributed by atoms with E-state index in [9.17, 15) is 9.59 Å². The third-order valence-electron chi connectivity index (χ3n) is 14.0. The zero-order chi connectivity index (χ0) is 25.9. The first-order valence-corrected chi connectivity index (χ1v) is 15.2. The van der Waals surface area contributed by atoms with E-state index in [0.717, 1.165) is 31.1 Å². The summed E-state index contributed by atoms with van der Waals surface area (Å²) in [7, 11) is 0. The van der Waals surface area contributed by atoms with Crippen molar-refractivity contribution in [2.45, 2.75) is 131 Å². The molecule has 36 heavy (non-hydrogen) atoms. The van der Waals surface area contributed by atoms with Crippen LogP contribution < -0.4 is 0 Å². The Bertz CT molecular complexity index is 956. The molecule has 2 spiro atoms. The molecule has 0 bridgehead atoms. The van der Waals surface area contributed by atoms with E-state index < -0.39 is 0 Å². The van der Waals surface area contributed by atoms with Crippen LogP contribution in [0.2, 0.25) is 0 Å². The fourth-order valence-electron chi connectivity index (χ4n) is 12.2. The topological polar surface area (TPSA) is 52.6 Å². The average Bonchev–Trinajstić information content (AvgIpc) is 3.23. The van der Waals surface area contributed by atoms with Crippen molar-refractivity contribution < 1.29 is 19.1 Å². The van der Waals surface area contributed by atoms with Crippen LogP contribution in [-0.4, -0.2) is 24.1 Å². The van der Waals surface area contributed by atoms with Gasteiger partial charge in [-0.25, -0.2) is 0 Å². The van der Waals surface area contributed by atoms with Gasteiger partial charge >= 0.3 is 11.9 Å². The van der Waals surface area contributed by atoms with Gasteiger partial charge in [0.2, 0.25) is 0 Å². The van der Waals surface area contributed by atoms with Gasteiger partial charge in [0.1, 0.15) is 12.2 Å². The standard InChI is InChI=1S/C32H50O4/c1-19(16-22-17-20(2)27(34)36-22)23-10-12-30(7)25-9-8-24-28(4,5)26(35-21(3)33)11-13-31(24)18-32(25,31)15-14-29(23,30)6/h19-20,22-26H,8-18H2,1-7H3/t19-,20-,22-,23-,24+,25+,26-,29-,30+,31-,32+/m1/s1. The van der Waals surface area contributed by atoms with Crippen molar-refractivity contribution in [3.05, 3.63) is 0 Å². The second-order valence-electron chi connectivity index (χ2n) is 15.5. The van der Waals surface area contributed by atoms with Crippen LogP contribution in [0, 0.1) is 56.7 Å². The van der Waals surface area contributed by atoms with Crippen molar-refractivity contribution >= 4 is 11.9 Å². The second kappa shape index (κ2) is 7.75. The van der Waals surface area contributed by atoms with Crippen molar-refractivity contribution in [3.8, 4) is 0 Å². The van der Waals surface area contributed by atoms with E-state index in [2.05, 4.69) is 34.6 Å². The molecule has 4 heteroatoms. The molecule has 0 aromatic heterocycles. The maximum atomic E-state index is 12.0. The normalized spacial score (nSPS) is 53.4. The van der Waals surface area contributed by atoms with Gasteiger partial charge < -0.3 is 9.47 Å². The summed E-state index contributed by atoms with van der Waals surface area (Å²) in [6.45, 7) is 16.2. The summed E-state index contributed by atoms with van der Waals surface area (Å²) in [5, 5.41) is 0. The van der Waals surface area contributed by atoms with Crippen LogP contribution in [-0.2, 0) is 19.1 Å². The van der Waals surface area contributed by atoms with E-state index in [1.165, 1.54) is 51.4 Å². The lowest BCUT2D eigenvalue weighted by atomic mass is 9.41. The first kappa shape index (κ1) is 25.2. The molecule has 0 N–H and O–H groups in total. The van der Waals surface area contributed by atoms with E-state index in [1.54, 1.807) is 6.92 Å². The van der Waals surface area contributed by atoms with Crippen LogP contribution in [0.5, 0.6) is 0 Å². The largest absolute Gasteiger partial charge is 0.462 e. The van der Waals surface area contributed by atoms with Gasteiger partial charge in [-0.3, -0.25) is 9.59 Å². The molecule has 0 amide bonds. The Hall–Kier alpha value is -1.06. The fraction of sp³-hybridized carbons (Fsp3) is 0.938. The molecular weight excluding hydrogens is 448 g/mol. The number of ether oxygens (including phenoxy) is 2. The van der Waals surface area contributed by atoms with E-state index in [4.69, 9.17) is 9.47 Å². The molecule has 202 valence electrons. The van der Waals surface area contributed by atoms with Gasteiger partial charge in [-0.05, 0) is 116 Å². The summed E-state index contributed by atoms with van der Waals surface area (Å²) >= 11 is 0. The summed E-state index contributed by atoms with van der Waals surface area (Å²) in [4.78, 5) is 23.9. The van der Waals surface area contributed by atoms with Crippen molar-refractivity contribution in [1.82, 2.24) is 0 Å². The Labute approximate surface area is 219 Å². The van der Waals surface area contributed by atoms with Crippen LogP contribution >= 0.6 is 0 Å². The molecule has 0 unspecified atom stereocenters. The first-order chi connectivity index (χ1) is 16.8. The molecule has 6 rings (SSSR count). The zero-order valence-electron chi connectivity index (χ0n) is 24.0. The van der Waals surface area contributed by atoms with Crippen molar-refractivity contribution in [1.29, 1.82) is 0 Å². The number of carbonyl (C=O) groups excluding carboxylic acids is 2. The van der Waals surface area contributed by atoms with Crippen molar-refractivity contribution in [3.63, 3.8) is 0 Å². The Morgan fingerprint density at radius 2 is 1.67 bits per heavy atom. The molecule has 5 aliphatic carbocycles. The first-order valence-electron chi connectivity index (χ1n) is 15.2. The predicted molar refractivity (Wildman–Crippen MR) is 140 cm³/mol. The molecule has 4 nitrogen and oxygen atoms in total. The Kier molecular flexibility index (Phi) is 5.43. The summed E-state index contributed by atoms with van der Waals surface area (Å²) in [6, 6.07) is 0. The van der Waals surface area contributed by atoms with Gasteiger partial charge in [-0.2, -0.15) is 0 Å². The highest BCUT2D eigenvalue weighted by molar-refractivity contribution is 5.74. The van der Waals surface area contributed by atoms with Crippen molar-refractivity contribution in [2.75, 3.05) is 0 Å². The van der Waals surface area contributed by atoms with Gasteiger partial charge in [-0.1, -0.05) is 41.5 Å². The minimum absolute atomic E-state index is 0.0106. The third-order valence-corrected chi connectivity index (χ3v) is 14.0. The number of fused-ring (bicyclic) bond motifs is 2. The molecule has 1 aliphatic heterocycles. The van der Waals surface area contributed by atoms with E-state index in [0.29, 0.717) is 33.5 Å².